The van der Waals surface area contributed by atoms with E-state index in [1.807, 2.05) is 20.8 Å². The van der Waals surface area contributed by atoms with Crippen molar-refractivity contribution in [3.05, 3.63) is 11.6 Å². The molecule has 0 heterocycles. The molecule has 168 valence electrons. The normalized spacial score (nSPS) is 48.7. The number of hydrazone groups is 1. The Morgan fingerprint density at radius 2 is 1.97 bits per heavy atom. The molecule has 4 aliphatic carbocycles. The van der Waals surface area contributed by atoms with E-state index in [4.69, 9.17) is 0 Å². The fourth-order valence-electron chi connectivity index (χ4n) is 7.09. The molecule has 0 bridgehead atoms. The van der Waals surface area contributed by atoms with E-state index in [1.165, 1.54) is 0 Å². The van der Waals surface area contributed by atoms with Crippen LogP contribution in [0.1, 0.15) is 59.3 Å². The van der Waals surface area contributed by atoms with Crippen molar-refractivity contribution < 1.29 is 23.1 Å². The lowest BCUT2D eigenvalue weighted by Crippen LogP contribution is -2.58. The maximum absolute atomic E-state index is 15.8. The molecular formula is C21H32FN3O4S. The number of alkyl halides is 1. The molecule has 0 aliphatic heterocycles. The molecule has 0 aromatic heterocycles. The topological polar surface area (TPSA) is 111 Å². The second-order valence-electron chi connectivity index (χ2n) is 10.5. The lowest BCUT2D eigenvalue weighted by atomic mass is 9.46. The van der Waals surface area contributed by atoms with Gasteiger partial charge in [0.05, 0.1) is 11.9 Å². The summed E-state index contributed by atoms with van der Waals surface area (Å²) < 4.78 is 38.7. The minimum absolute atomic E-state index is 0.155. The highest BCUT2D eigenvalue weighted by Crippen LogP contribution is 2.67. The van der Waals surface area contributed by atoms with Gasteiger partial charge < -0.3 is 10.3 Å². The molecule has 4 aliphatic rings. The summed E-state index contributed by atoms with van der Waals surface area (Å²) in [5, 5.41) is 27.9. The average molecular weight is 442 g/mol. The van der Waals surface area contributed by atoms with E-state index >= 15 is 4.39 Å². The number of nitrogens with zero attached hydrogens (tertiary/aromatic N) is 2. The maximum atomic E-state index is 15.8. The molecule has 0 spiro atoms. The van der Waals surface area contributed by atoms with Crippen molar-refractivity contribution in [1.82, 2.24) is 4.83 Å². The van der Waals surface area contributed by atoms with Gasteiger partial charge in [0.1, 0.15) is 17.6 Å². The fourth-order valence-corrected chi connectivity index (χ4v) is 7.36. The van der Waals surface area contributed by atoms with Crippen LogP contribution in [0.15, 0.2) is 21.9 Å². The third-order valence-corrected chi connectivity index (χ3v) is 9.21. The van der Waals surface area contributed by atoms with Crippen LogP contribution >= 0.6 is 0 Å². The quantitative estimate of drug-likeness (QED) is 0.452. The summed E-state index contributed by atoms with van der Waals surface area (Å²) in [6.45, 7) is 5.93. The van der Waals surface area contributed by atoms with Crippen LogP contribution in [0, 0.1) is 28.6 Å². The molecule has 0 amide bonds. The minimum Gasteiger partial charge on any atom is -0.411 e. The third kappa shape index (κ3) is 3.11. The lowest BCUT2D eigenvalue weighted by molar-refractivity contribution is -0.144. The minimum atomic E-state index is -3.54. The van der Waals surface area contributed by atoms with Crippen molar-refractivity contribution >= 4 is 21.4 Å². The molecular weight excluding hydrogens is 409 g/mol. The monoisotopic (exact) mass is 441 g/mol. The molecule has 0 aromatic rings. The molecule has 0 radical (unpaired) electrons. The van der Waals surface area contributed by atoms with E-state index in [9.17, 15) is 18.7 Å². The average Bonchev–Trinajstić information content (AvgIpc) is 2.87. The zero-order valence-corrected chi connectivity index (χ0v) is 18.8. The SMILES string of the molecule is CC1(O)CC[C@H]2[C@@H]3CCC4=CC(=NNS(C)(=O)=O)C(=NO)C[C@]4(C)[C@@H]3C(F)C[C@@]21C. The number of rotatable bonds is 2. The molecule has 3 fully saturated rings. The van der Waals surface area contributed by atoms with Gasteiger partial charge >= 0.3 is 0 Å². The molecule has 7 nitrogen and oxygen atoms in total. The summed E-state index contributed by atoms with van der Waals surface area (Å²) in [5.74, 6) is 0.187. The van der Waals surface area contributed by atoms with E-state index in [0.717, 1.165) is 31.1 Å². The van der Waals surface area contributed by atoms with Crippen LogP contribution in [0.25, 0.3) is 0 Å². The highest BCUT2D eigenvalue weighted by atomic mass is 32.2. The Labute approximate surface area is 177 Å². The van der Waals surface area contributed by atoms with Gasteiger partial charge in [0.25, 0.3) is 0 Å². The highest BCUT2D eigenvalue weighted by Gasteiger charge is 2.65. The van der Waals surface area contributed by atoms with Gasteiger partial charge in [0.15, 0.2) is 0 Å². The van der Waals surface area contributed by atoms with Gasteiger partial charge in [0.2, 0.25) is 10.0 Å². The van der Waals surface area contributed by atoms with Gasteiger partial charge in [-0.15, -0.1) is 0 Å². The standard InChI is InChI=1S/C21H32FN3O4S/c1-19-11-17(24-27)16(23-25-30(4,28)29)9-12(19)5-6-13-14-7-8-21(3,26)20(14,2)10-15(22)18(13)19/h9,13-15,18,25-27H,5-8,10-11H2,1-4H3/t13-,14-,15?,18-,19-,20-,21?/m0/s1. The fraction of sp³-hybridized carbons (Fsp3) is 0.810. The number of oxime groups is 1. The number of sulfonamides is 1. The first-order valence-electron chi connectivity index (χ1n) is 10.7. The van der Waals surface area contributed by atoms with E-state index in [-0.39, 0.29) is 29.2 Å². The van der Waals surface area contributed by atoms with Gasteiger partial charge in [-0.1, -0.05) is 24.6 Å². The van der Waals surface area contributed by atoms with Gasteiger partial charge in [-0.25, -0.2) is 17.6 Å². The summed E-state index contributed by atoms with van der Waals surface area (Å²) in [6, 6.07) is 0. The van der Waals surface area contributed by atoms with Gasteiger partial charge in [-0.3, -0.25) is 0 Å². The van der Waals surface area contributed by atoms with E-state index in [2.05, 4.69) is 15.1 Å². The van der Waals surface area contributed by atoms with Crippen LogP contribution < -0.4 is 4.83 Å². The zero-order chi connectivity index (χ0) is 22.1. The molecule has 3 N–H and O–H groups in total. The molecule has 7 atom stereocenters. The Balaban J connectivity index is 1.73. The number of halogens is 1. The number of aliphatic hydroxyl groups is 1. The molecule has 0 saturated heterocycles. The van der Waals surface area contributed by atoms with Crippen LogP contribution in [-0.2, 0) is 10.0 Å². The Bertz CT molecular complexity index is 944. The first kappa shape index (κ1) is 21.7. The van der Waals surface area contributed by atoms with E-state index in [0.29, 0.717) is 19.3 Å². The van der Waals surface area contributed by atoms with Crippen LogP contribution in [0.3, 0.4) is 0 Å². The number of hydrogen-bond donors (Lipinski definition) is 3. The van der Waals surface area contributed by atoms with Crippen molar-refractivity contribution in [2.75, 3.05) is 6.26 Å². The summed E-state index contributed by atoms with van der Waals surface area (Å²) >= 11 is 0. The molecule has 9 heteroatoms. The molecule has 0 aromatic carbocycles. The molecule has 3 saturated carbocycles. The van der Waals surface area contributed by atoms with Crippen molar-refractivity contribution in [2.45, 2.75) is 71.1 Å². The Morgan fingerprint density at radius 1 is 1.27 bits per heavy atom. The van der Waals surface area contributed by atoms with Gasteiger partial charge in [0, 0.05) is 23.2 Å². The predicted molar refractivity (Wildman–Crippen MR) is 113 cm³/mol. The summed E-state index contributed by atoms with van der Waals surface area (Å²) in [4.78, 5) is 2.10. The summed E-state index contributed by atoms with van der Waals surface area (Å²) in [7, 11) is -3.54. The van der Waals surface area contributed by atoms with E-state index < -0.39 is 32.6 Å². The molecule has 4 rings (SSSR count). The van der Waals surface area contributed by atoms with Gasteiger partial charge in [-0.2, -0.15) is 5.10 Å². The van der Waals surface area contributed by atoms with Crippen molar-refractivity contribution in [3.63, 3.8) is 0 Å². The highest BCUT2D eigenvalue weighted by molar-refractivity contribution is 7.88. The Kier molecular flexibility index (Phi) is 4.90. The number of hydrogen-bond acceptors (Lipinski definition) is 6. The molecule has 2 unspecified atom stereocenters. The zero-order valence-electron chi connectivity index (χ0n) is 18.0. The van der Waals surface area contributed by atoms with Crippen LogP contribution in [-0.4, -0.2) is 48.2 Å². The summed E-state index contributed by atoms with van der Waals surface area (Å²) in [6.07, 6.45) is 5.52. The smallest absolute Gasteiger partial charge is 0.244 e. The van der Waals surface area contributed by atoms with Crippen molar-refractivity contribution in [2.24, 2.45) is 38.8 Å². The van der Waals surface area contributed by atoms with Crippen LogP contribution in [0.5, 0.6) is 0 Å². The predicted octanol–water partition coefficient (Wildman–Crippen LogP) is 2.99. The lowest BCUT2D eigenvalue weighted by Gasteiger charge is -2.59. The van der Waals surface area contributed by atoms with Crippen LogP contribution in [0.2, 0.25) is 0 Å². The third-order valence-electron chi connectivity index (χ3n) is 8.79. The first-order valence-corrected chi connectivity index (χ1v) is 12.5. The van der Waals surface area contributed by atoms with Crippen molar-refractivity contribution in [1.29, 1.82) is 0 Å². The Hall–Kier alpha value is -1.48. The molecule has 30 heavy (non-hydrogen) atoms. The van der Waals surface area contributed by atoms with Gasteiger partial charge in [-0.05, 0) is 56.9 Å². The largest absolute Gasteiger partial charge is 0.411 e. The number of fused-ring (bicyclic) bond motifs is 5. The second-order valence-corrected chi connectivity index (χ2v) is 12.2. The van der Waals surface area contributed by atoms with E-state index in [1.54, 1.807) is 6.08 Å². The number of allylic oxidation sites excluding steroid dienone is 2. The van der Waals surface area contributed by atoms with Crippen molar-refractivity contribution in [3.8, 4) is 0 Å². The Morgan fingerprint density at radius 3 is 2.60 bits per heavy atom. The first-order chi connectivity index (χ1) is 13.8. The maximum Gasteiger partial charge on any atom is 0.244 e. The summed E-state index contributed by atoms with van der Waals surface area (Å²) in [5.41, 5.74) is -0.249. The second kappa shape index (κ2) is 6.76. The van der Waals surface area contributed by atoms with Crippen LogP contribution in [0.4, 0.5) is 4.39 Å². The number of nitrogens with one attached hydrogen (secondary N) is 1.